The van der Waals surface area contributed by atoms with Gasteiger partial charge in [-0.2, -0.15) is 0 Å². The molecule has 2 heterocycles. The Balaban J connectivity index is 1.36. The molecule has 0 aromatic heterocycles. The first-order chi connectivity index (χ1) is 23.1. The fourth-order valence-corrected chi connectivity index (χ4v) is 7.05. The van der Waals surface area contributed by atoms with Gasteiger partial charge in [0.2, 0.25) is 15.9 Å². The maximum absolute atomic E-state index is 13.8. The maximum atomic E-state index is 13.8. The number of rotatable bonds is 10. The van der Waals surface area contributed by atoms with Gasteiger partial charge in [0, 0.05) is 5.69 Å². The molecule has 3 aromatic rings. The lowest BCUT2D eigenvalue weighted by molar-refractivity contribution is -0.155. The topological polar surface area (TPSA) is 180 Å². The van der Waals surface area contributed by atoms with E-state index in [-0.39, 0.29) is 28.5 Å². The molecule has 2 aliphatic rings. The Morgan fingerprint density at radius 2 is 1.53 bits per heavy atom. The molecule has 13 nitrogen and oxygen atoms in total. The Labute approximate surface area is 288 Å². The zero-order valence-corrected chi connectivity index (χ0v) is 28.7. The lowest BCUT2D eigenvalue weighted by Gasteiger charge is -2.49. The van der Waals surface area contributed by atoms with E-state index in [2.05, 4.69) is 15.4 Å². The molecule has 4 N–H and O–H groups in total. The number of nitrogens with zero attached hydrogens (tertiary/aromatic N) is 1. The van der Waals surface area contributed by atoms with Crippen molar-refractivity contribution in [2.24, 2.45) is 0 Å². The number of hydrogen-bond acceptors (Lipinski definition) is 10. The summed E-state index contributed by atoms with van der Waals surface area (Å²) in [6, 6.07) is 21.4. The minimum Gasteiger partial charge on any atom is -0.509 e. The molecule has 1 saturated heterocycles. The Hall–Kier alpha value is -5.02. The molecule has 0 bridgehead atoms. The van der Waals surface area contributed by atoms with Crippen molar-refractivity contribution >= 4 is 51.3 Å². The number of aliphatic hydroxyl groups excluding tert-OH is 1. The number of nitrogens with one attached hydrogen (secondary N) is 3. The summed E-state index contributed by atoms with van der Waals surface area (Å²) in [7, 11) is -3.66. The number of amides is 3. The molecular formula is C34H36N4O9S2. The lowest BCUT2D eigenvalue weighted by Crippen LogP contribution is -2.71. The monoisotopic (exact) mass is 708 g/mol. The van der Waals surface area contributed by atoms with Gasteiger partial charge < -0.3 is 25.2 Å². The van der Waals surface area contributed by atoms with Crippen LogP contribution in [0, 0.1) is 0 Å². The van der Waals surface area contributed by atoms with Crippen LogP contribution in [0.1, 0.15) is 49.6 Å². The molecule has 3 atom stereocenters. The van der Waals surface area contributed by atoms with Gasteiger partial charge >= 0.3 is 12.1 Å². The number of aliphatic hydroxyl groups is 1. The molecule has 1 fully saturated rings. The molecule has 49 heavy (non-hydrogen) atoms. The summed E-state index contributed by atoms with van der Waals surface area (Å²) in [4.78, 5) is 54.8. The van der Waals surface area contributed by atoms with Crippen molar-refractivity contribution < 1.29 is 42.2 Å². The molecule has 0 aliphatic carbocycles. The van der Waals surface area contributed by atoms with E-state index in [1.165, 1.54) is 24.3 Å². The number of carbonyl (C=O) groups excluding carboxylic acids is 4. The zero-order valence-electron chi connectivity index (χ0n) is 27.1. The van der Waals surface area contributed by atoms with Crippen LogP contribution >= 0.6 is 11.8 Å². The molecule has 15 heteroatoms. The van der Waals surface area contributed by atoms with Gasteiger partial charge in [0.05, 0.1) is 12.0 Å². The van der Waals surface area contributed by atoms with Gasteiger partial charge in [-0.15, -0.1) is 11.8 Å². The number of benzene rings is 3. The minimum absolute atomic E-state index is 0.0363. The molecule has 1 unspecified atom stereocenters. The highest BCUT2D eigenvalue weighted by atomic mass is 32.2. The number of hydrogen-bond donors (Lipinski definition) is 4. The molecule has 3 amide bonds. The van der Waals surface area contributed by atoms with Crippen molar-refractivity contribution in [3.05, 3.63) is 113 Å². The molecule has 0 spiro atoms. The van der Waals surface area contributed by atoms with Crippen LogP contribution in [0.3, 0.4) is 0 Å². The molecule has 5 rings (SSSR count). The summed E-state index contributed by atoms with van der Waals surface area (Å²) in [5, 5.41) is 15.2. The number of alkyl carbamates (subject to hydrolysis) is 1. The number of β-lactam (4-membered cyclic amide) rings is 1. The SMILES string of the molecule is CC(C)(C)OC(=O)NC(C(=O)N[C@@H]1C(=O)N2C(C(=O)OC(c3ccccc3)c3ccccc3)=C(O)CS[C@@H]12)c1cccc(NS(C)(=O)=O)c1. The van der Waals surface area contributed by atoms with Gasteiger partial charge in [-0.3, -0.25) is 19.2 Å². The van der Waals surface area contributed by atoms with Crippen LogP contribution in [-0.4, -0.2) is 71.3 Å². The first kappa shape index (κ1) is 35.3. The Morgan fingerprint density at radius 1 is 0.939 bits per heavy atom. The van der Waals surface area contributed by atoms with Gasteiger partial charge in [0.15, 0.2) is 11.8 Å². The van der Waals surface area contributed by atoms with Gasteiger partial charge in [0.25, 0.3) is 5.91 Å². The van der Waals surface area contributed by atoms with E-state index in [0.717, 1.165) is 22.9 Å². The number of esters is 1. The van der Waals surface area contributed by atoms with Crippen LogP contribution in [0.5, 0.6) is 0 Å². The van der Waals surface area contributed by atoms with E-state index >= 15 is 0 Å². The summed E-state index contributed by atoms with van der Waals surface area (Å²) >= 11 is 1.13. The second-order valence-corrected chi connectivity index (χ2v) is 15.2. The summed E-state index contributed by atoms with van der Waals surface area (Å²) in [6.45, 7) is 4.94. The number of anilines is 1. The van der Waals surface area contributed by atoms with Crippen molar-refractivity contribution in [2.75, 3.05) is 16.7 Å². The Bertz CT molecular complexity index is 1840. The number of carbonyl (C=O) groups is 4. The largest absolute Gasteiger partial charge is 0.509 e. The van der Waals surface area contributed by atoms with Gasteiger partial charge in [-0.25, -0.2) is 18.0 Å². The van der Waals surface area contributed by atoms with Crippen LogP contribution in [0.25, 0.3) is 0 Å². The van der Waals surface area contributed by atoms with Crippen molar-refractivity contribution in [2.45, 2.75) is 49.9 Å². The van der Waals surface area contributed by atoms with E-state index < -0.39 is 63.1 Å². The average Bonchev–Trinajstić information content (AvgIpc) is 3.04. The normalized spacial score (nSPS) is 18.1. The van der Waals surface area contributed by atoms with Crippen molar-refractivity contribution in [3.63, 3.8) is 0 Å². The fourth-order valence-electron chi connectivity index (χ4n) is 5.30. The predicted molar refractivity (Wildman–Crippen MR) is 183 cm³/mol. The van der Waals surface area contributed by atoms with Gasteiger partial charge in [-0.05, 0) is 49.6 Å². The van der Waals surface area contributed by atoms with E-state index in [1.54, 1.807) is 69.3 Å². The average molecular weight is 709 g/mol. The maximum Gasteiger partial charge on any atom is 0.408 e. The van der Waals surface area contributed by atoms with Gasteiger partial charge in [0.1, 0.15) is 28.8 Å². The van der Waals surface area contributed by atoms with Crippen LogP contribution in [-0.2, 0) is 33.9 Å². The highest BCUT2D eigenvalue weighted by Crippen LogP contribution is 2.41. The second-order valence-electron chi connectivity index (χ2n) is 12.4. The standard InChI is InChI=1S/C34H36N4O9S2/c1-34(2,3)47-33(43)36-25(22-16-11-17-23(18-22)37-49(4,44)45)29(40)35-26-30(41)38-27(24(39)19-48-31(26)38)32(42)46-28(20-12-7-5-8-13-20)21-14-9-6-10-15-21/h5-18,25-26,28,31,37,39H,19H2,1-4H3,(H,35,40)(H,36,43)/t25?,26-,31+/m1/s1. The summed E-state index contributed by atoms with van der Waals surface area (Å²) < 4.78 is 37.3. The Kier molecular flexibility index (Phi) is 10.2. The van der Waals surface area contributed by atoms with Gasteiger partial charge in [-0.1, -0.05) is 72.8 Å². The second kappa shape index (κ2) is 14.2. The first-order valence-corrected chi connectivity index (χ1v) is 18.1. The highest BCUT2D eigenvalue weighted by Gasteiger charge is 2.55. The van der Waals surface area contributed by atoms with Crippen LogP contribution in [0.15, 0.2) is 96.4 Å². The smallest absolute Gasteiger partial charge is 0.408 e. The van der Waals surface area contributed by atoms with Crippen molar-refractivity contribution in [3.8, 4) is 0 Å². The third-order valence-corrected chi connectivity index (χ3v) is 9.19. The molecule has 3 aromatic carbocycles. The number of ether oxygens (including phenoxy) is 2. The molecule has 0 saturated carbocycles. The number of thioether (sulfide) groups is 1. The van der Waals surface area contributed by atoms with E-state index in [4.69, 9.17) is 9.47 Å². The zero-order chi connectivity index (χ0) is 35.5. The third kappa shape index (κ3) is 8.53. The Morgan fingerprint density at radius 3 is 2.10 bits per heavy atom. The summed E-state index contributed by atoms with van der Waals surface area (Å²) in [5.74, 6) is -2.77. The fraction of sp³-hybridized carbons (Fsp3) is 0.294. The predicted octanol–water partition coefficient (Wildman–Crippen LogP) is 4.13. The molecule has 0 radical (unpaired) electrons. The van der Waals surface area contributed by atoms with Crippen molar-refractivity contribution in [1.82, 2.24) is 15.5 Å². The summed E-state index contributed by atoms with van der Waals surface area (Å²) in [6.07, 6.45) is -0.784. The quantitative estimate of drug-likeness (QED) is 0.177. The van der Waals surface area contributed by atoms with Crippen LogP contribution < -0.4 is 15.4 Å². The lowest BCUT2D eigenvalue weighted by atomic mass is 10.0. The molecule has 258 valence electrons. The first-order valence-electron chi connectivity index (χ1n) is 15.2. The number of sulfonamides is 1. The summed E-state index contributed by atoms with van der Waals surface area (Å²) in [5.41, 5.74) is 0.496. The van der Waals surface area contributed by atoms with E-state index in [1.807, 2.05) is 12.1 Å². The molecule has 2 aliphatic heterocycles. The highest BCUT2D eigenvalue weighted by molar-refractivity contribution is 8.00. The van der Waals surface area contributed by atoms with E-state index in [0.29, 0.717) is 11.1 Å². The molecular weight excluding hydrogens is 673 g/mol. The van der Waals surface area contributed by atoms with Crippen LogP contribution in [0.4, 0.5) is 10.5 Å². The van der Waals surface area contributed by atoms with E-state index in [9.17, 15) is 32.7 Å². The van der Waals surface area contributed by atoms with Crippen molar-refractivity contribution in [1.29, 1.82) is 0 Å². The number of fused-ring (bicyclic) bond motifs is 1. The minimum atomic E-state index is -3.66. The third-order valence-electron chi connectivity index (χ3n) is 7.32. The van der Waals surface area contributed by atoms with Crippen LogP contribution in [0.2, 0.25) is 0 Å².